The van der Waals surface area contributed by atoms with Crippen molar-refractivity contribution in [3.8, 4) is 0 Å². The molecule has 0 saturated carbocycles. The molecule has 0 aliphatic rings. The molecule has 0 bridgehead atoms. The Labute approximate surface area is 122 Å². The molecular formula is C15H16ClFN2O. The second-order valence-corrected chi connectivity index (χ2v) is 5.05. The normalized spacial score (nSPS) is 14.0. The van der Waals surface area contributed by atoms with Crippen LogP contribution in [0.3, 0.4) is 0 Å². The van der Waals surface area contributed by atoms with Crippen molar-refractivity contribution in [2.45, 2.75) is 19.0 Å². The number of rotatable bonds is 5. The average Bonchev–Trinajstić information content (AvgIpc) is 2.45. The Bertz CT molecular complexity index is 562. The molecule has 2 aromatic rings. The smallest absolute Gasteiger partial charge is 0.141 e. The number of hydrogen-bond acceptors (Lipinski definition) is 3. The highest BCUT2D eigenvalue weighted by atomic mass is 35.5. The molecule has 0 aliphatic heterocycles. The van der Waals surface area contributed by atoms with Crippen molar-refractivity contribution in [3.05, 3.63) is 64.7 Å². The lowest BCUT2D eigenvalue weighted by molar-refractivity contribution is 0.235. The van der Waals surface area contributed by atoms with Crippen LogP contribution in [0.2, 0.25) is 5.02 Å². The number of hydrogen-bond donors (Lipinski definition) is 2. The van der Waals surface area contributed by atoms with Crippen LogP contribution in [0, 0.1) is 5.82 Å². The van der Waals surface area contributed by atoms with Crippen molar-refractivity contribution in [2.24, 2.45) is 0 Å². The molecule has 20 heavy (non-hydrogen) atoms. The number of nitrogens with one attached hydrogen (secondary N) is 1. The summed E-state index contributed by atoms with van der Waals surface area (Å²) in [5.41, 5.74) is 1.66. The Balaban J connectivity index is 2.11. The first-order chi connectivity index (χ1) is 9.60. The van der Waals surface area contributed by atoms with Gasteiger partial charge in [0, 0.05) is 17.3 Å². The summed E-state index contributed by atoms with van der Waals surface area (Å²) in [6.45, 7) is 1.84. The fourth-order valence-corrected chi connectivity index (χ4v) is 2.14. The summed E-state index contributed by atoms with van der Waals surface area (Å²) >= 11 is 5.85. The highest BCUT2D eigenvalue weighted by molar-refractivity contribution is 6.30. The highest BCUT2D eigenvalue weighted by Crippen LogP contribution is 2.21. The standard InChI is InChI=1S/C15H16ClFN2O/c1-10(12-6-14(17)8-18-7-12)19-15(9-20)11-2-4-13(16)5-3-11/h2-8,10,15,19-20H,9H2,1H3. The van der Waals surface area contributed by atoms with Gasteiger partial charge < -0.3 is 10.4 Å². The first-order valence-electron chi connectivity index (χ1n) is 6.33. The van der Waals surface area contributed by atoms with Gasteiger partial charge >= 0.3 is 0 Å². The number of benzene rings is 1. The molecule has 5 heteroatoms. The van der Waals surface area contributed by atoms with E-state index in [9.17, 15) is 9.50 Å². The van der Waals surface area contributed by atoms with Crippen LogP contribution in [0.4, 0.5) is 4.39 Å². The van der Waals surface area contributed by atoms with E-state index in [2.05, 4.69) is 10.3 Å². The van der Waals surface area contributed by atoms with Gasteiger partial charge in [0.05, 0.1) is 18.8 Å². The fraction of sp³-hybridized carbons (Fsp3) is 0.267. The van der Waals surface area contributed by atoms with E-state index in [0.29, 0.717) is 5.02 Å². The first-order valence-corrected chi connectivity index (χ1v) is 6.70. The Hall–Kier alpha value is -1.49. The SMILES string of the molecule is CC(NC(CO)c1ccc(Cl)cc1)c1cncc(F)c1. The van der Waals surface area contributed by atoms with Gasteiger partial charge in [0.2, 0.25) is 0 Å². The Morgan fingerprint density at radius 2 is 1.95 bits per heavy atom. The Morgan fingerprint density at radius 3 is 2.55 bits per heavy atom. The van der Waals surface area contributed by atoms with Crippen LogP contribution in [0.5, 0.6) is 0 Å². The molecule has 106 valence electrons. The van der Waals surface area contributed by atoms with Gasteiger partial charge in [-0.3, -0.25) is 4.98 Å². The lowest BCUT2D eigenvalue weighted by Gasteiger charge is -2.22. The van der Waals surface area contributed by atoms with Crippen molar-refractivity contribution in [1.29, 1.82) is 0 Å². The van der Waals surface area contributed by atoms with Crippen LogP contribution in [0.1, 0.15) is 30.1 Å². The minimum Gasteiger partial charge on any atom is -0.394 e. The largest absolute Gasteiger partial charge is 0.394 e. The summed E-state index contributed by atoms with van der Waals surface area (Å²) in [5, 5.41) is 13.4. The summed E-state index contributed by atoms with van der Waals surface area (Å²) in [6, 6.07) is 8.31. The van der Waals surface area contributed by atoms with E-state index in [0.717, 1.165) is 11.1 Å². The molecule has 0 fully saturated rings. The number of aliphatic hydroxyl groups excluding tert-OH is 1. The van der Waals surface area contributed by atoms with Gasteiger partial charge in [-0.2, -0.15) is 0 Å². The lowest BCUT2D eigenvalue weighted by atomic mass is 10.0. The molecule has 1 heterocycles. The molecule has 2 unspecified atom stereocenters. The molecule has 0 radical (unpaired) electrons. The summed E-state index contributed by atoms with van der Waals surface area (Å²) < 4.78 is 13.2. The second kappa shape index (κ2) is 6.79. The third kappa shape index (κ3) is 3.76. The maximum absolute atomic E-state index is 13.2. The van der Waals surface area contributed by atoms with Gasteiger partial charge in [0.25, 0.3) is 0 Å². The van der Waals surface area contributed by atoms with Crippen LogP contribution < -0.4 is 5.32 Å². The van der Waals surface area contributed by atoms with E-state index in [4.69, 9.17) is 11.6 Å². The van der Waals surface area contributed by atoms with E-state index < -0.39 is 0 Å². The third-order valence-electron chi connectivity index (χ3n) is 3.13. The van der Waals surface area contributed by atoms with Crippen molar-refractivity contribution in [3.63, 3.8) is 0 Å². The van der Waals surface area contributed by atoms with Gasteiger partial charge in [-0.1, -0.05) is 23.7 Å². The second-order valence-electron chi connectivity index (χ2n) is 4.61. The average molecular weight is 295 g/mol. The zero-order chi connectivity index (χ0) is 14.5. The van der Waals surface area contributed by atoms with Gasteiger partial charge in [0.15, 0.2) is 0 Å². The Kier molecular flexibility index (Phi) is 5.06. The summed E-state index contributed by atoms with van der Waals surface area (Å²) in [4.78, 5) is 3.83. The molecule has 2 N–H and O–H groups in total. The summed E-state index contributed by atoms with van der Waals surface area (Å²) in [7, 11) is 0. The minimum absolute atomic E-state index is 0.0608. The van der Waals surface area contributed by atoms with E-state index >= 15 is 0 Å². The van der Waals surface area contributed by atoms with Gasteiger partial charge in [-0.25, -0.2) is 4.39 Å². The maximum atomic E-state index is 13.2. The topological polar surface area (TPSA) is 45.1 Å². The number of aliphatic hydroxyl groups is 1. The maximum Gasteiger partial charge on any atom is 0.141 e. The summed E-state index contributed by atoms with van der Waals surface area (Å²) in [5.74, 6) is -0.372. The summed E-state index contributed by atoms with van der Waals surface area (Å²) in [6.07, 6.45) is 2.77. The van der Waals surface area contributed by atoms with Crippen LogP contribution in [0.25, 0.3) is 0 Å². The zero-order valence-corrected chi connectivity index (χ0v) is 11.8. The monoisotopic (exact) mass is 294 g/mol. The predicted octanol–water partition coefficient (Wildman–Crippen LogP) is 3.26. The highest BCUT2D eigenvalue weighted by Gasteiger charge is 2.15. The molecule has 3 nitrogen and oxygen atoms in total. The number of pyridine rings is 1. The first kappa shape index (κ1) is 14.9. The minimum atomic E-state index is -0.372. The number of aromatic nitrogens is 1. The quantitative estimate of drug-likeness (QED) is 0.890. The van der Waals surface area contributed by atoms with Gasteiger partial charge in [-0.05, 0) is 36.2 Å². The van der Waals surface area contributed by atoms with Crippen molar-refractivity contribution in [1.82, 2.24) is 10.3 Å². The van der Waals surface area contributed by atoms with Crippen LogP contribution in [0.15, 0.2) is 42.7 Å². The molecule has 0 aliphatic carbocycles. The third-order valence-corrected chi connectivity index (χ3v) is 3.38. The molecular weight excluding hydrogens is 279 g/mol. The van der Waals surface area contributed by atoms with Crippen molar-refractivity contribution < 1.29 is 9.50 Å². The molecule has 2 atom stereocenters. The predicted molar refractivity (Wildman–Crippen MR) is 77.0 cm³/mol. The fourth-order valence-electron chi connectivity index (χ4n) is 2.01. The van der Waals surface area contributed by atoms with Crippen molar-refractivity contribution >= 4 is 11.6 Å². The lowest BCUT2D eigenvalue weighted by Crippen LogP contribution is -2.27. The molecule has 1 aromatic carbocycles. The van der Waals surface area contributed by atoms with Crippen LogP contribution >= 0.6 is 11.6 Å². The molecule has 0 spiro atoms. The number of nitrogens with zero attached hydrogens (tertiary/aromatic N) is 1. The van der Waals surface area contributed by atoms with Gasteiger partial charge in [-0.15, -0.1) is 0 Å². The van der Waals surface area contributed by atoms with Crippen LogP contribution in [-0.4, -0.2) is 16.7 Å². The number of halogens is 2. The van der Waals surface area contributed by atoms with Crippen molar-refractivity contribution in [2.75, 3.05) is 6.61 Å². The van der Waals surface area contributed by atoms with Gasteiger partial charge in [0.1, 0.15) is 5.82 Å². The Morgan fingerprint density at radius 1 is 1.25 bits per heavy atom. The molecule has 0 amide bonds. The molecule has 0 saturated heterocycles. The van der Waals surface area contributed by atoms with Crippen LogP contribution in [-0.2, 0) is 0 Å². The molecule has 2 rings (SSSR count). The van der Waals surface area contributed by atoms with E-state index in [-0.39, 0.29) is 24.5 Å². The van der Waals surface area contributed by atoms with E-state index in [1.807, 2.05) is 19.1 Å². The molecule has 1 aromatic heterocycles. The zero-order valence-electron chi connectivity index (χ0n) is 11.1. The van der Waals surface area contributed by atoms with E-state index in [1.165, 1.54) is 12.3 Å². The van der Waals surface area contributed by atoms with E-state index in [1.54, 1.807) is 18.3 Å².